The molecule has 0 N–H and O–H groups in total. The first-order chi connectivity index (χ1) is 14.3. The fourth-order valence-electron chi connectivity index (χ4n) is 8.79. The summed E-state index contributed by atoms with van der Waals surface area (Å²) >= 11 is 2.73. The number of hydrogen-bond donors (Lipinski definition) is 0. The Balaban J connectivity index is 1.61. The molecule has 6 bridgehead atoms. The van der Waals surface area contributed by atoms with Gasteiger partial charge in [0.1, 0.15) is 0 Å². The highest BCUT2D eigenvalue weighted by Crippen LogP contribution is 3.32. The lowest BCUT2D eigenvalue weighted by Gasteiger charge is -2.50. The Morgan fingerprint density at radius 1 is 0.774 bits per heavy atom. The predicted octanol–water partition coefficient (Wildman–Crippen LogP) is 11.2. The van der Waals surface area contributed by atoms with Gasteiger partial charge in [-0.2, -0.15) is 0 Å². The number of rotatable bonds is 2. The van der Waals surface area contributed by atoms with Gasteiger partial charge in [-0.25, -0.2) is 0 Å². The van der Waals surface area contributed by atoms with E-state index in [0.29, 0.717) is 30.8 Å². The van der Waals surface area contributed by atoms with E-state index in [1.807, 2.05) is 7.89 Å². The van der Waals surface area contributed by atoms with Crippen LogP contribution >= 0.6 is 41.9 Å². The van der Waals surface area contributed by atoms with Crippen molar-refractivity contribution in [3.63, 3.8) is 0 Å². The van der Waals surface area contributed by atoms with Crippen LogP contribution in [0.2, 0.25) is 0 Å². The molecule has 0 aromatic rings. The monoisotopic (exact) mass is 512 g/mol. The summed E-state index contributed by atoms with van der Waals surface area (Å²) in [4.78, 5) is 1.48. The molecule has 5 aliphatic heterocycles. The molecule has 6 atom stereocenters. The van der Waals surface area contributed by atoms with Crippen LogP contribution in [0.4, 0.5) is 0 Å². The van der Waals surface area contributed by atoms with Crippen molar-refractivity contribution < 1.29 is 0 Å². The maximum absolute atomic E-state index is 2.83. The van der Waals surface area contributed by atoms with Crippen LogP contribution in [-0.2, 0) is 0 Å². The van der Waals surface area contributed by atoms with Crippen LogP contribution in [0.15, 0.2) is 0 Å². The van der Waals surface area contributed by atoms with Gasteiger partial charge in [0.25, 0.3) is 0 Å². The molecule has 0 aromatic heterocycles. The number of hydrogen-bond acceptors (Lipinski definition) is 1. The first kappa shape index (κ1) is 23.2. The lowest BCUT2D eigenvalue weighted by molar-refractivity contribution is 0.180. The molecule has 0 radical (unpaired) electrons. The van der Waals surface area contributed by atoms with Crippen LogP contribution in [0.3, 0.4) is 0 Å². The molecular weight excluding hydrogens is 468 g/mol. The minimum Gasteiger partial charge on any atom is -0.114 e. The Bertz CT molecular complexity index is 840. The minimum atomic E-state index is -0.00296. The van der Waals surface area contributed by atoms with Crippen LogP contribution < -0.4 is 0 Å². The third kappa shape index (κ3) is 2.30. The van der Waals surface area contributed by atoms with Gasteiger partial charge in [0.2, 0.25) is 0 Å². The summed E-state index contributed by atoms with van der Waals surface area (Å²) in [5.41, 5.74) is 2.18. The molecule has 7 aliphatic rings. The van der Waals surface area contributed by atoms with Crippen LogP contribution in [0.5, 0.6) is 0 Å². The van der Waals surface area contributed by atoms with Crippen LogP contribution in [0.1, 0.15) is 120 Å². The van der Waals surface area contributed by atoms with E-state index in [2.05, 4.69) is 71.8 Å². The predicted molar refractivity (Wildman–Crippen MR) is 150 cm³/mol. The Morgan fingerprint density at radius 2 is 1.29 bits per heavy atom. The summed E-state index contributed by atoms with van der Waals surface area (Å²) in [7, 11) is 2.13. The van der Waals surface area contributed by atoms with E-state index in [1.54, 1.807) is 25.7 Å². The van der Waals surface area contributed by atoms with E-state index in [4.69, 9.17) is 0 Å². The molecule has 2 saturated carbocycles. The van der Waals surface area contributed by atoms with E-state index in [1.165, 1.54) is 38.5 Å². The van der Waals surface area contributed by atoms with Crippen molar-refractivity contribution >= 4 is 47.0 Å². The fourth-order valence-corrected chi connectivity index (χ4v) is 51.9. The van der Waals surface area contributed by atoms with Crippen molar-refractivity contribution in [3.05, 3.63) is 0 Å². The van der Waals surface area contributed by atoms with Gasteiger partial charge in [0.15, 0.2) is 0 Å². The van der Waals surface area contributed by atoms with Crippen molar-refractivity contribution in [1.29, 1.82) is 0 Å². The van der Waals surface area contributed by atoms with E-state index in [-0.39, 0.29) is 22.7 Å². The average Bonchev–Trinajstić information content (AvgIpc) is 2.98. The molecule has 2 aliphatic carbocycles. The molecule has 31 heavy (non-hydrogen) atoms. The normalized spacial score (nSPS) is 49.8. The summed E-state index contributed by atoms with van der Waals surface area (Å²) in [6.07, 6.45) is 15.3. The molecular formula is C26H44P4S. The zero-order chi connectivity index (χ0) is 22.3. The minimum absolute atomic E-state index is 0.00296. The third-order valence-electron chi connectivity index (χ3n) is 10.1. The molecule has 174 valence electrons. The quantitative estimate of drug-likeness (QED) is 0.332. The second kappa shape index (κ2) is 6.57. The van der Waals surface area contributed by atoms with Gasteiger partial charge >= 0.3 is 0 Å². The van der Waals surface area contributed by atoms with Crippen molar-refractivity contribution in [2.45, 2.75) is 134 Å². The zero-order valence-electron chi connectivity index (χ0n) is 21.3. The fraction of sp³-hybridized carbons (Fsp3) is 0.962. The molecule has 0 amide bonds. The lowest BCUT2D eigenvalue weighted by Crippen LogP contribution is -2.45. The van der Waals surface area contributed by atoms with Crippen molar-refractivity contribution in [2.75, 3.05) is 0 Å². The van der Waals surface area contributed by atoms with Crippen molar-refractivity contribution in [3.8, 4) is 0 Å². The van der Waals surface area contributed by atoms with Gasteiger partial charge < -0.3 is 0 Å². The molecule has 7 rings (SSSR count). The average molecular weight is 513 g/mol. The Kier molecular flexibility index (Phi) is 4.92. The molecule has 0 spiro atoms. The van der Waals surface area contributed by atoms with Gasteiger partial charge in [-0.1, -0.05) is 102 Å². The van der Waals surface area contributed by atoms with Crippen LogP contribution in [-0.4, -0.2) is 19.1 Å². The maximum atomic E-state index is 2.83. The van der Waals surface area contributed by atoms with E-state index in [0.717, 1.165) is 4.90 Å². The third-order valence-corrected chi connectivity index (χ3v) is 37.6. The summed E-state index contributed by atoms with van der Waals surface area (Å²) in [6.45, 7) is 21.5. The maximum Gasteiger partial charge on any atom is 0.0783 e. The highest BCUT2D eigenvalue weighted by atomic mass is 32.7. The lowest BCUT2D eigenvalue weighted by atomic mass is 9.69. The molecule has 5 heterocycles. The topological polar surface area (TPSA) is 0 Å². The van der Waals surface area contributed by atoms with E-state index < -0.39 is 0 Å². The highest BCUT2D eigenvalue weighted by Gasteiger charge is 3.05. The summed E-state index contributed by atoms with van der Waals surface area (Å²) in [5, 5.41) is 2.08. The molecule has 4 saturated heterocycles. The van der Waals surface area contributed by atoms with Gasteiger partial charge in [0.05, 0.1) is 9.13 Å². The first-order valence-electron chi connectivity index (χ1n) is 13.0. The zero-order valence-corrected chi connectivity index (χ0v) is 25.7. The second-order valence-electron chi connectivity index (χ2n) is 14.2. The Morgan fingerprint density at radius 3 is 1.77 bits per heavy atom. The van der Waals surface area contributed by atoms with Gasteiger partial charge in [0, 0.05) is 4.90 Å². The highest BCUT2D eigenvalue weighted by molar-refractivity contribution is 8.77. The van der Waals surface area contributed by atoms with E-state index in [9.17, 15) is 0 Å². The Hall–Kier alpha value is 1.81. The molecule has 0 nitrogen and oxygen atoms in total. The molecule has 6 fully saturated rings. The van der Waals surface area contributed by atoms with Crippen LogP contribution in [0.25, 0.3) is 0 Å². The summed E-state index contributed by atoms with van der Waals surface area (Å²) in [5.74, 6) is 0. The summed E-state index contributed by atoms with van der Waals surface area (Å²) < 4.78 is 0.696. The molecule has 3 unspecified atom stereocenters. The second-order valence-corrected chi connectivity index (χ2v) is 27.4. The largest absolute Gasteiger partial charge is 0.114 e. The van der Waals surface area contributed by atoms with Crippen molar-refractivity contribution in [1.82, 2.24) is 0 Å². The Labute approximate surface area is 201 Å². The van der Waals surface area contributed by atoms with Gasteiger partial charge in [-0.05, 0) is 75.0 Å². The smallest absolute Gasteiger partial charge is 0.0783 e. The van der Waals surface area contributed by atoms with E-state index >= 15 is 0 Å². The molecule has 0 aromatic carbocycles. The van der Waals surface area contributed by atoms with Gasteiger partial charge in [-0.3, -0.25) is 0 Å². The molecule has 5 heteroatoms. The van der Waals surface area contributed by atoms with Crippen molar-refractivity contribution in [2.24, 2.45) is 21.7 Å². The standard InChI is InChI=1S/C26H44P4S/c1-20(2,3)19-27-29-25(22(7)15-11-9-12-16-22)24(21(4,5)6)28(19)26(29,31-30(24)25)23(8)17-13-10-14-18-23/h9-18H2,1-8H3/t24-,25+,26+,28?,29?,30?/m0/s1. The summed E-state index contributed by atoms with van der Waals surface area (Å²) in [6, 6.07) is 0. The van der Waals surface area contributed by atoms with Crippen LogP contribution in [0, 0.1) is 21.7 Å². The SMILES string of the molecule is CC(C)(C)C1=PP2[C@]3(C4(C)CCCCC4)SP4[C@](C(C)(C)C)(P13)[C@]24C1(C)CCCCC1. The first-order valence-corrected chi connectivity index (χ1v) is 20.1. The van der Waals surface area contributed by atoms with Gasteiger partial charge in [-0.15, -0.1) is 11.4 Å².